The summed E-state index contributed by atoms with van der Waals surface area (Å²) in [5.41, 5.74) is 7.42. The predicted octanol–water partition coefficient (Wildman–Crippen LogP) is 6.98. The van der Waals surface area contributed by atoms with Crippen molar-refractivity contribution in [2.45, 2.75) is 12.8 Å². The molecule has 7 rings (SSSR count). The number of H-pyrrole nitrogens is 1. The van der Waals surface area contributed by atoms with Crippen molar-refractivity contribution in [3.63, 3.8) is 0 Å². The van der Waals surface area contributed by atoms with Crippen molar-refractivity contribution in [2.24, 2.45) is 0 Å². The van der Waals surface area contributed by atoms with Gasteiger partial charge in [0, 0.05) is 30.3 Å². The van der Waals surface area contributed by atoms with Crippen LogP contribution in [0.1, 0.15) is 33.6 Å². The van der Waals surface area contributed by atoms with Crippen LogP contribution in [0.3, 0.4) is 0 Å². The van der Waals surface area contributed by atoms with E-state index in [1.54, 1.807) is 18.2 Å². The Morgan fingerprint density at radius 3 is 2.40 bits per heavy atom. The van der Waals surface area contributed by atoms with Gasteiger partial charge in [0.1, 0.15) is 0 Å². The van der Waals surface area contributed by atoms with E-state index in [0.29, 0.717) is 5.69 Å². The third-order valence-electron chi connectivity index (χ3n) is 7.76. The maximum absolute atomic E-state index is 13.0. The van der Waals surface area contributed by atoms with Crippen LogP contribution in [-0.2, 0) is 6.42 Å². The number of anilines is 2. The molecule has 2 N–H and O–H groups in total. The van der Waals surface area contributed by atoms with Crippen molar-refractivity contribution >= 4 is 51.0 Å². The minimum atomic E-state index is -1.22. The molecule has 204 valence electrons. The number of carboxylic acids is 1. The third-order valence-corrected chi connectivity index (χ3v) is 7.76. The number of nitrogens with zero attached hydrogens (tertiary/aromatic N) is 3. The first-order valence-electron chi connectivity index (χ1n) is 13.8. The molecule has 0 atom stereocenters. The Morgan fingerprint density at radius 1 is 0.857 bits per heavy atom. The van der Waals surface area contributed by atoms with Gasteiger partial charge in [-0.25, -0.2) is 9.48 Å². The lowest BCUT2D eigenvalue weighted by Crippen LogP contribution is -2.24. The average molecular weight is 551 g/mol. The maximum atomic E-state index is 13.0. The molecule has 1 aliphatic heterocycles. The number of fused-ring (bicyclic) bond motifs is 3. The van der Waals surface area contributed by atoms with Crippen molar-refractivity contribution in [3.8, 4) is 5.69 Å². The molecule has 6 aromatic rings. The molecule has 0 fully saturated rings. The van der Waals surface area contributed by atoms with E-state index in [-0.39, 0.29) is 11.3 Å². The summed E-state index contributed by atoms with van der Waals surface area (Å²) in [6.45, 7) is 0.941. The summed E-state index contributed by atoms with van der Waals surface area (Å²) in [6, 6.07) is 29.1. The molecule has 0 bridgehead atoms. The minimum Gasteiger partial charge on any atom is -0.477 e. The Hall–Kier alpha value is -5.65. The highest BCUT2D eigenvalue weighted by Gasteiger charge is 2.20. The SMILES string of the molecule is O=C(O)c1[nH]n(-c2ccncc2)c(=O)c1C=C=Cc1ccc2c(c1)CCCN2c1ccc2cc3ccccc3cc2c1. The molecule has 0 unspecified atom stereocenters. The minimum absolute atomic E-state index is 0.0313. The van der Waals surface area contributed by atoms with Crippen molar-refractivity contribution in [2.75, 3.05) is 11.4 Å². The molecule has 4 aromatic carbocycles. The van der Waals surface area contributed by atoms with E-state index in [2.05, 4.69) is 87.4 Å². The molecular weight excluding hydrogens is 524 g/mol. The summed E-state index contributed by atoms with van der Waals surface area (Å²) in [7, 11) is 0. The highest BCUT2D eigenvalue weighted by molar-refractivity contribution is 5.99. The molecule has 0 amide bonds. The van der Waals surface area contributed by atoms with Crippen LogP contribution < -0.4 is 10.5 Å². The second-order valence-electron chi connectivity index (χ2n) is 10.4. The van der Waals surface area contributed by atoms with Crippen LogP contribution in [0.2, 0.25) is 0 Å². The first kappa shape index (κ1) is 25.3. The summed E-state index contributed by atoms with van der Waals surface area (Å²) in [4.78, 5) is 31.2. The summed E-state index contributed by atoms with van der Waals surface area (Å²) >= 11 is 0. The normalized spacial score (nSPS) is 12.6. The number of hydrogen-bond acceptors (Lipinski definition) is 4. The van der Waals surface area contributed by atoms with Crippen LogP contribution in [0.5, 0.6) is 0 Å². The molecule has 0 spiro atoms. The first-order chi connectivity index (χ1) is 20.5. The number of carboxylic acid groups (broad SMARTS) is 1. The zero-order chi connectivity index (χ0) is 28.6. The van der Waals surface area contributed by atoms with Gasteiger partial charge in [-0.3, -0.25) is 14.9 Å². The Labute approximate surface area is 241 Å². The molecule has 0 radical (unpaired) electrons. The monoisotopic (exact) mass is 550 g/mol. The molecule has 0 aliphatic carbocycles. The largest absolute Gasteiger partial charge is 0.477 e. The van der Waals surface area contributed by atoms with Crippen LogP contribution in [-0.4, -0.2) is 32.4 Å². The smallest absolute Gasteiger partial charge is 0.354 e. The number of aromatic carboxylic acids is 1. The van der Waals surface area contributed by atoms with Gasteiger partial charge in [-0.2, -0.15) is 0 Å². The standard InChI is InChI=1S/C35H26N4O3/c40-34-31(33(35(41)42)37-39(34)29-14-16-36-17-15-29)9-3-5-23-10-13-32-27(19-23)8-4-18-38(32)30-12-11-26-20-24-6-1-2-7-25(24)21-28(26)22-30/h1-2,5-7,9-17,19-22,37H,4,8,18H2,(H,41,42). The van der Waals surface area contributed by atoms with Gasteiger partial charge in [0.05, 0.1) is 11.3 Å². The lowest BCUT2D eigenvalue weighted by molar-refractivity contribution is 0.0689. The number of carbonyl (C=O) groups is 1. The molecule has 7 nitrogen and oxygen atoms in total. The topological polar surface area (TPSA) is 91.2 Å². The van der Waals surface area contributed by atoms with E-state index in [9.17, 15) is 14.7 Å². The number of rotatable bonds is 5. The quantitative estimate of drug-likeness (QED) is 0.179. The van der Waals surface area contributed by atoms with Gasteiger partial charge in [-0.1, -0.05) is 36.4 Å². The predicted molar refractivity (Wildman–Crippen MR) is 167 cm³/mol. The van der Waals surface area contributed by atoms with Gasteiger partial charge < -0.3 is 10.0 Å². The van der Waals surface area contributed by atoms with Crippen LogP contribution in [0.4, 0.5) is 11.4 Å². The highest BCUT2D eigenvalue weighted by atomic mass is 16.4. The highest BCUT2D eigenvalue weighted by Crippen LogP contribution is 2.36. The van der Waals surface area contributed by atoms with Crippen LogP contribution in [0.15, 0.2) is 108 Å². The Bertz CT molecular complexity index is 2120. The summed E-state index contributed by atoms with van der Waals surface area (Å²) in [5.74, 6) is -1.22. The Kier molecular flexibility index (Phi) is 6.27. The van der Waals surface area contributed by atoms with Crippen LogP contribution >= 0.6 is 0 Å². The van der Waals surface area contributed by atoms with Gasteiger partial charge in [-0.15, -0.1) is 5.73 Å². The van der Waals surface area contributed by atoms with E-state index < -0.39 is 11.5 Å². The summed E-state index contributed by atoms with van der Waals surface area (Å²) < 4.78 is 1.20. The van der Waals surface area contributed by atoms with Crippen LogP contribution in [0, 0.1) is 0 Å². The van der Waals surface area contributed by atoms with Gasteiger partial charge >= 0.3 is 5.97 Å². The van der Waals surface area contributed by atoms with Gasteiger partial charge in [0.25, 0.3) is 5.56 Å². The Balaban J connectivity index is 1.20. The van der Waals surface area contributed by atoms with Gasteiger partial charge in [0.15, 0.2) is 5.69 Å². The molecule has 42 heavy (non-hydrogen) atoms. The molecule has 0 saturated heterocycles. The number of aromatic nitrogens is 3. The third kappa shape index (κ3) is 4.58. The Morgan fingerprint density at radius 2 is 1.62 bits per heavy atom. The van der Waals surface area contributed by atoms with Gasteiger partial charge in [-0.05, 0) is 106 Å². The van der Waals surface area contributed by atoms with E-state index >= 15 is 0 Å². The van der Waals surface area contributed by atoms with E-state index in [1.807, 2.05) is 6.07 Å². The molecule has 0 saturated carbocycles. The molecule has 2 aromatic heterocycles. The zero-order valence-corrected chi connectivity index (χ0v) is 22.6. The number of benzene rings is 4. The number of nitrogens with one attached hydrogen (secondary N) is 1. The first-order valence-corrected chi connectivity index (χ1v) is 13.8. The average Bonchev–Trinajstić information content (AvgIpc) is 3.35. The fourth-order valence-electron chi connectivity index (χ4n) is 5.71. The fraction of sp³-hybridized carbons (Fsp3) is 0.0857. The number of pyridine rings is 1. The van der Waals surface area contributed by atoms with Crippen LogP contribution in [0.25, 0.3) is 39.4 Å². The van der Waals surface area contributed by atoms with Crippen molar-refractivity contribution in [1.29, 1.82) is 0 Å². The number of aryl methyl sites for hydroxylation is 1. The van der Waals surface area contributed by atoms with E-state index in [1.165, 1.54) is 61.6 Å². The van der Waals surface area contributed by atoms with E-state index in [0.717, 1.165) is 24.9 Å². The lowest BCUT2D eigenvalue weighted by atomic mass is 9.97. The van der Waals surface area contributed by atoms with Gasteiger partial charge in [0.2, 0.25) is 0 Å². The lowest BCUT2D eigenvalue weighted by Gasteiger charge is -2.32. The second kappa shape index (κ2) is 10.4. The van der Waals surface area contributed by atoms with Crippen molar-refractivity contribution in [1.82, 2.24) is 14.8 Å². The van der Waals surface area contributed by atoms with Crippen molar-refractivity contribution in [3.05, 3.63) is 136 Å². The number of aromatic amines is 1. The second-order valence-corrected chi connectivity index (χ2v) is 10.4. The fourth-order valence-corrected chi connectivity index (χ4v) is 5.71. The molecular formula is C35H26N4O3. The summed E-state index contributed by atoms with van der Waals surface area (Å²) in [6.07, 6.45) is 8.27. The molecule has 1 aliphatic rings. The maximum Gasteiger partial charge on any atom is 0.354 e. The zero-order valence-electron chi connectivity index (χ0n) is 22.6. The molecule has 7 heteroatoms. The molecule has 3 heterocycles. The van der Waals surface area contributed by atoms with Crippen molar-refractivity contribution < 1.29 is 9.90 Å². The number of hydrogen-bond donors (Lipinski definition) is 2. The van der Waals surface area contributed by atoms with E-state index in [4.69, 9.17) is 0 Å². The summed E-state index contributed by atoms with van der Waals surface area (Å²) in [5, 5.41) is 17.3.